The molecule has 0 bridgehead atoms. The molecule has 9 heteroatoms. The van der Waals surface area contributed by atoms with Gasteiger partial charge < -0.3 is 16.0 Å². The summed E-state index contributed by atoms with van der Waals surface area (Å²) in [5.74, 6) is -1.37. The zero-order valence-electron chi connectivity index (χ0n) is 17.8. The molecule has 1 saturated heterocycles. The number of primary amides is 1. The van der Waals surface area contributed by atoms with E-state index in [4.69, 9.17) is 5.73 Å². The van der Waals surface area contributed by atoms with Crippen molar-refractivity contribution in [2.75, 3.05) is 0 Å². The van der Waals surface area contributed by atoms with Gasteiger partial charge in [-0.05, 0) is 51.2 Å². The predicted octanol–water partition coefficient (Wildman–Crippen LogP) is 1.89. The molecule has 3 amide bonds. The number of para-hydroxylation sites is 1. The first-order valence-electron chi connectivity index (χ1n) is 10.4. The minimum Gasteiger partial charge on any atom is -0.364 e. The van der Waals surface area contributed by atoms with Crippen LogP contribution in [0.3, 0.4) is 0 Å². The Morgan fingerprint density at radius 1 is 1.26 bits per heavy atom. The summed E-state index contributed by atoms with van der Waals surface area (Å²) < 4.78 is 15.6. The second-order valence-electron chi connectivity index (χ2n) is 8.58. The quantitative estimate of drug-likeness (QED) is 0.733. The molecule has 4 atom stereocenters. The van der Waals surface area contributed by atoms with Gasteiger partial charge in [0.15, 0.2) is 5.69 Å². The summed E-state index contributed by atoms with van der Waals surface area (Å²) in [7, 11) is 0. The van der Waals surface area contributed by atoms with Crippen LogP contribution in [0.25, 0.3) is 10.9 Å². The molecule has 0 spiro atoms. The lowest BCUT2D eigenvalue weighted by atomic mass is 10.1. The molecule has 1 aliphatic heterocycles. The van der Waals surface area contributed by atoms with Crippen LogP contribution in [-0.4, -0.2) is 50.5 Å². The van der Waals surface area contributed by atoms with Gasteiger partial charge >= 0.3 is 0 Å². The van der Waals surface area contributed by atoms with Crippen LogP contribution < -0.4 is 11.1 Å². The molecule has 8 nitrogen and oxygen atoms in total. The van der Waals surface area contributed by atoms with E-state index in [0.29, 0.717) is 28.8 Å². The summed E-state index contributed by atoms with van der Waals surface area (Å²) in [5, 5.41) is 7.51. The smallest absolute Gasteiger partial charge is 0.269 e. The SMILES string of the molecule is CC(C)=C(F)[C@H](C)NC(=O)[C@@H]1C[C@H]2C[C@H]2N1C(=O)Cn1nc(C(N)=O)c2ccccc21. The van der Waals surface area contributed by atoms with E-state index in [1.54, 1.807) is 49.9 Å². The molecule has 1 saturated carbocycles. The number of nitrogens with two attached hydrogens (primary N) is 1. The number of nitrogens with one attached hydrogen (secondary N) is 1. The van der Waals surface area contributed by atoms with Gasteiger partial charge in [0, 0.05) is 11.4 Å². The highest BCUT2D eigenvalue weighted by molar-refractivity contribution is 6.04. The van der Waals surface area contributed by atoms with E-state index in [9.17, 15) is 18.8 Å². The molecule has 2 heterocycles. The van der Waals surface area contributed by atoms with Gasteiger partial charge in [0.2, 0.25) is 11.8 Å². The van der Waals surface area contributed by atoms with Gasteiger partial charge in [-0.25, -0.2) is 4.39 Å². The molecule has 2 aliphatic rings. The molecule has 4 rings (SSSR count). The van der Waals surface area contributed by atoms with E-state index in [-0.39, 0.29) is 35.9 Å². The molecular formula is C22H26FN5O3. The summed E-state index contributed by atoms with van der Waals surface area (Å²) >= 11 is 0. The number of halogens is 1. The number of carbonyl (C=O) groups excluding carboxylic acids is 3. The Labute approximate surface area is 179 Å². The summed E-state index contributed by atoms with van der Waals surface area (Å²) in [5.41, 5.74) is 6.66. The highest BCUT2D eigenvalue weighted by atomic mass is 19.1. The number of aromatic nitrogens is 2. The molecule has 0 radical (unpaired) electrons. The van der Waals surface area contributed by atoms with Crippen molar-refractivity contribution in [3.63, 3.8) is 0 Å². The van der Waals surface area contributed by atoms with Crippen LogP contribution in [0.4, 0.5) is 4.39 Å². The van der Waals surface area contributed by atoms with Crippen molar-refractivity contribution in [3.05, 3.63) is 41.4 Å². The lowest BCUT2D eigenvalue weighted by Gasteiger charge is -2.28. The van der Waals surface area contributed by atoms with Crippen molar-refractivity contribution >= 4 is 28.6 Å². The predicted molar refractivity (Wildman–Crippen MR) is 112 cm³/mol. The van der Waals surface area contributed by atoms with Gasteiger partial charge in [-0.15, -0.1) is 0 Å². The van der Waals surface area contributed by atoms with Crippen LogP contribution in [0, 0.1) is 5.92 Å². The molecule has 31 heavy (non-hydrogen) atoms. The van der Waals surface area contributed by atoms with E-state index in [1.165, 1.54) is 4.68 Å². The zero-order chi connectivity index (χ0) is 22.4. The second-order valence-corrected chi connectivity index (χ2v) is 8.58. The minimum absolute atomic E-state index is 0.0179. The zero-order valence-corrected chi connectivity index (χ0v) is 17.8. The standard InChI is InChI=1S/C22H26FN5O3/c1-11(2)19(23)12(3)25-22(31)17-9-13-8-16(13)28(17)18(29)10-27-15-7-5-4-6-14(15)20(26-27)21(24)30/h4-7,12-13,16-17H,8-10H2,1-3H3,(H2,24,30)(H,25,31)/t12-,13+,16+,17-/m0/s1. The molecule has 0 unspecified atom stereocenters. The maximum Gasteiger partial charge on any atom is 0.269 e. The topological polar surface area (TPSA) is 110 Å². The van der Waals surface area contributed by atoms with E-state index in [0.717, 1.165) is 6.42 Å². The number of rotatable bonds is 6. The van der Waals surface area contributed by atoms with Crippen LogP contribution >= 0.6 is 0 Å². The van der Waals surface area contributed by atoms with Gasteiger partial charge in [0.25, 0.3) is 5.91 Å². The maximum absolute atomic E-state index is 14.1. The third kappa shape index (κ3) is 3.80. The summed E-state index contributed by atoms with van der Waals surface area (Å²) in [6.45, 7) is 4.77. The monoisotopic (exact) mass is 427 g/mol. The molecule has 2 fully saturated rings. The Hall–Kier alpha value is -3.23. The van der Waals surface area contributed by atoms with Crippen LogP contribution in [0.2, 0.25) is 0 Å². The highest BCUT2D eigenvalue weighted by Crippen LogP contribution is 2.48. The molecule has 1 aromatic heterocycles. The molecule has 1 aromatic carbocycles. The van der Waals surface area contributed by atoms with Crippen LogP contribution in [0.15, 0.2) is 35.7 Å². The van der Waals surface area contributed by atoms with Gasteiger partial charge in [-0.3, -0.25) is 19.1 Å². The van der Waals surface area contributed by atoms with Crippen molar-refractivity contribution in [1.82, 2.24) is 20.0 Å². The van der Waals surface area contributed by atoms with Crippen LogP contribution in [0.1, 0.15) is 44.1 Å². The van der Waals surface area contributed by atoms with Crippen molar-refractivity contribution < 1.29 is 18.8 Å². The Balaban J connectivity index is 1.54. The molecular weight excluding hydrogens is 401 g/mol. The lowest BCUT2D eigenvalue weighted by molar-refractivity contribution is -0.140. The van der Waals surface area contributed by atoms with E-state index in [2.05, 4.69) is 10.4 Å². The molecule has 2 aromatic rings. The van der Waals surface area contributed by atoms with Gasteiger partial charge in [0.05, 0.1) is 11.6 Å². The number of nitrogens with zero attached hydrogens (tertiary/aromatic N) is 3. The maximum atomic E-state index is 14.1. The number of hydrogen-bond donors (Lipinski definition) is 2. The van der Waals surface area contributed by atoms with Crippen LogP contribution in [-0.2, 0) is 16.1 Å². The molecule has 3 N–H and O–H groups in total. The number of benzene rings is 1. The van der Waals surface area contributed by atoms with Crippen molar-refractivity contribution in [3.8, 4) is 0 Å². The van der Waals surface area contributed by atoms with Crippen LogP contribution in [0.5, 0.6) is 0 Å². The van der Waals surface area contributed by atoms with E-state index >= 15 is 0 Å². The third-order valence-corrected chi connectivity index (χ3v) is 6.09. The van der Waals surface area contributed by atoms with Crippen molar-refractivity contribution in [2.45, 2.75) is 58.3 Å². The Morgan fingerprint density at radius 3 is 2.65 bits per heavy atom. The Bertz CT molecular complexity index is 1100. The minimum atomic E-state index is -0.750. The first-order chi connectivity index (χ1) is 14.7. The fraction of sp³-hybridized carbons (Fsp3) is 0.455. The summed E-state index contributed by atoms with van der Waals surface area (Å²) in [6, 6.07) is 5.68. The fourth-order valence-electron chi connectivity index (χ4n) is 4.49. The molecule has 1 aliphatic carbocycles. The average molecular weight is 427 g/mol. The number of hydrogen-bond acceptors (Lipinski definition) is 4. The lowest BCUT2D eigenvalue weighted by Crippen LogP contribution is -2.50. The third-order valence-electron chi connectivity index (χ3n) is 6.09. The number of amides is 3. The normalized spacial score (nSPS) is 22.7. The fourth-order valence-corrected chi connectivity index (χ4v) is 4.49. The van der Waals surface area contributed by atoms with Gasteiger partial charge in [-0.2, -0.15) is 5.10 Å². The van der Waals surface area contributed by atoms with Crippen molar-refractivity contribution in [1.29, 1.82) is 0 Å². The summed E-state index contributed by atoms with van der Waals surface area (Å²) in [6.07, 6.45) is 1.43. The number of piperidine rings is 1. The first-order valence-corrected chi connectivity index (χ1v) is 10.4. The Kier molecular flexibility index (Phi) is 5.28. The van der Waals surface area contributed by atoms with E-state index in [1.807, 2.05) is 0 Å². The average Bonchev–Trinajstić information content (AvgIpc) is 3.23. The number of allylic oxidation sites excluding steroid dienone is 1. The Morgan fingerprint density at radius 2 is 1.97 bits per heavy atom. The van der Waals surface area contributed by atoms with Gasteiger partial charge in [-0.1, -0.05) is 18.2 Å². The first kappa shape index (κ1) is 21.0. The number of likely N-dealkylation sites (tertiary alicyclic amines) is 1. The molecule has 164 valence electrons. The van der Waals surface area contributed by atoms with Gasteiger partial charge in [0.1, 0.15) is 18.4 Å². The number of carbonyl (C=O) groups is 3. The highest BCUT2D eigenvalue weighted by Gasteiger charge is 2.56. The number of fused-ring (bicyclic) bond motifs is 2. The largest absolute Gasteiger partial charge is 0.364 e. The van der Waals surface area contributed by atoms with E-state index < -0.39 is 18.0 Å². The van der Waals surface area contributed by atoms with Crippen molar-refractivity contribution in [2.24, 2.45) is 11.7 Å². The summed E-state index contributed by atoms with van der Waals surface area (Å²) in [4.78, 5) is 39.4. The second kappa shape index (κ2) is 7.79.